The highest BCUT2D eigenvalue weighted by molar-refractivity contribution is 8.00. The van der Waals surface area contributed by atoms with Gasteiger partial charge in [-0.05, 0) is 116 Å². The molecule has 9 rings (SSSR count). The summed E-state index contributed by atoms with van der Waals surface area (Å²) in [7, 11) is 3.12. The van der Waals surface area contributed by atoms with E-state index in [1.807, 2.05) is 76.8 Å². The molecule has 2 aliphatic carbocycles. The third-order valence-corrected chi connectivity index (χ3v) is 20.9. The number of amides is 5. The average Bonchev–Trinajstić information content (AvgIpc) is 2.12. The Morgan fingerprint density at radius 3 is 1.65 bits per heavy atom. The van der Waals surface area contributed by atoms with Crippen LogP contribution in [0.3, 0.4) is 0 Å². The van der Waals surface area contributed by atoms with E-state index in [1.54, 1.807) is 42.4 Å². The monoisotopic (exact) mass is 1240 g/mol. The normalized spacial score (nSPS) is 27.3. The minimum absolute atomic E-state index is 0.0606. The molecule has 5 amide bonds. The lowest BCUT2D eigenvalue weighted by atomic mass is 9.83. The minimum Gasteiger partial charge on any atom is -0.444 e. The van der Waals surface area contributed by atoms with Crippen molar-refractivity contribution < 1.29 is 42.9 Å². The highest BCUT2D eigenvalue weighted by atomic mass is 32.2. The van der Waals surface area contributed by atoms with E-state index < -0.39 is 65.6 Å². The molecule has 5 N–H and O–H groups in total. The van der Waals surface area contributed by atoms with Gasteiger partial charge in [0.05, 0.1) is 70.3 Å². The summed E-state index contributed by atoms with van der Waals surface area (Å²) in [5, 5.41) is 15.8. The molecule has 0 radical (unpaired) electrons. The molecule has 84 heavy (non-hydrogen) atoms. The van der Waals surface area contributed by atoms with Crippen LogP contribution < -0.4 is 26.6 Å². The van der Waals surface area contributed by atoms with E-state index in [0.29, 0.717) is 61.0 Å². The molecule has 3 aromatic rings. The van der Waals surface area contributed by atoms with Crippen molar-refractivity contribution in [2.75, 3.05) is 25.6 Å². The zero-order chi connectivity index (χ0) is 60.6. The van der Waals surface area contributed by atoms with E-state index in [0.717, 1.165) is 40.0 Å². The first-order valence-electron chi connectivity index (χ1n) is 29.1. The summed E-state index contributed by atoms with van der Waals surface area (Å²) in [4.78, 5) is 75.4. The van der Waals surface area contributed by atoms with Gasteiger partial charge in [0.1, 0.15) is 28.7 Å². The lowest BCUT2D eigenvalue weighted by Crippen LogP contribution is -2.58. The van der Waals surface area contributed by atoms with Gasteiger partial charge in [-0.25, -0.2) is 9.59 Å². The van der Waals surface area contributed by atoms with Crippen molar-refractivity contribution in [2.24, 2.45) is 10.8 Å². The number of ether oxygens (including phenoxy) is 4. The van der Waals surface area contributed by atoms with E-state index in [9.17, 15) is 24.0 Å². The second-order valence-electron chi connectivity index (χ2n) is 25.4. The summed E-state index contributed by atoms with van der Waals surface area (Å²) < 4.78 is 24.5. The number of nitrogens with zero attached hydrogens (tertiary/aromatic N) is 3. The summed E-state index contributed by atoms with van der Waals surface area (Å²) in [5.41, 5.74) is 4.83. The molecular formula is C62H82N8O9S5. The summed E-state index contributed by atoms with van der Waals surface area (Å²) in [5.74, 6) is 0.944. The number of hydrogen-bond acceptors (Lipinski definition) is 14. The van der Waals surface area contributed by atoms with E-state index in [4.69, 9.17) is 55.6 Å². The molecule has 0 bridgehead atoms. The molecule has 22 heteroatoms. The van der Waals surface area contributed by atoms with Crippen LogP contribution >= 0.6 is 60.2 Å². The van der Waals surface area contributed by atoms with E-state index in [2.05, 4.69) is 82.9 Å². The summed E-state index contributed by atoms with van der Waals surface area (Å²) >= 11 is 21.3. The Bertz CT molecular complexity index is 3000. The zero-order valence-electron chi connectivity index (χ0n) is 50.0. The van der Waals surface area contributed by atoms with Crippen LogP contribution in [-0.2, 0) is 59.4 Å². The highest BCUT2D eigenvalue weighted by Gasteiger charge is 2.56. The second-order valence-corrected chi connectivity index (χ2v) is 29.3. The van der Waals surface area contributed by atoms with E-state index in [1.165, 1.54) is 17.5 Å². The number of fused-ring (bicyclic) bond motifs is 4. The molecule has 3 aromatic carbocycles. The van der Waals surface area contributed by atoms with Crippen molar-refractivity contribution in [3.63, 3.8) is 0 Å². The van der Waals surface area contributed by atoms with E-state index >= 15 is 0 Å². The van der Waals surface area contributed by atoms with Crippen molar-refractivity contribution >= 4 is 105 Å². The molecule has 0 saturated carbocycles. The molecular weight excluding hydrogens is 1160 g/mol. The number of rotatable bonds is 16. The number of thioether (sulfide) groups is 2. The standard InChI is InChI=1S/C62H82N8O9S5/c1-34(68(11)59(75)79-60(3,4)5)53(80)64-42-24-26-84-47-31-62(8,9)51(70(47)57(42)73)55(82)67-49-41-19-15-13-17-39(41)29-45(49)77-33-37-22-20-36(21-23-37)32-76-44-28-38-16-12-14-18-40(38)48(44)66-52(71)50-61(6,7)30-46-69(50)56(72)43(25-27-83-46)65-54(81)35(2)78-58(74)63-10/h12-23,34-35,42-51H,24-33H2,1-11H3,(H,63,74)(H,64,80)(H,65,81)(H,66,71)(H,67,82)/t34?,35?,42-,43-,44+,45+,46-,47-,48-,49-,50+,51+/m0/s1. The smallest absolute Gasteiger partial charge is 0.410 e. The Morgan fingerprint density at radius 2 is 1.15 bits per heavy atom. The third-order valence-electron chi connectivity index (χ3n) is 17.1. The first-order valence-corrected chi connectivity index (χ1v) is 32.5. The van der Waals surface area contributed by atoms with Crippen LogP contribution in [0.5, 0.6) is 0 Å². The lowest BCUT2D eigenvalue weighted by molar-refractivity contribution is -0.143. The molecule has 12 atom stereocenters. The van der Waals surface area contributed by atoms with Crippen LogP contribution in [0.4, 0.5) is 9.59 Å². The van der Waals surface area contributed by atoms with Gasteiger partial charge >= 0.3 is 12.2 Å². The Kier molecular flexibility index (Phi) is 19.7. The Morgan fingerprint density at radius 1 is 0.690 bits per heavy atom. The van der Waals surface area contributed by atoms with Crippen molar-refractivity contribution in [3.05, 3.63) is 106 Å². The average molecular weight is 1240 g/mol. The van der Waals surface area contributed by atoms with Crippen LogP contribution in [0.1, 0.15) is 133 Å². The molecule has 4 saturated heterocycles. The molecule has 17 nitrogen and oxygen atoms in total. The summed E-state index contributed by atoms with van der Waals surface area (Å²) in [6.07, 6.45) is 1.31. The largest absolute Gasteiger partial charge is 0.444 e. The van der Waals surface area contributed by atoms with Gasteiger partial charge in [0.25, 0.3) is 0 Å². The van der Waals surface area contributed by atoms with Crippen molar-refractivity contribution in [1.82, 2.24) is 41.3 Å². The molecule has 4 fully saturated rings. The predicted octanol–water partition coefficient (Wildman–Crippen LogP) is 8.84. The molecule has 0 spiro atoms. The van der Waals surface area contributed by atoms with Gasteiger partial charge in [0.15, 0.2) is 6.10 Å². The van der Waals surface area contributed by atoms with Crippen molar-refractivity contribution in [3.8, 4) is 0 Å². The topological polar surface area (TPSA) is 192 Å². The Balaban J connectivity index is 0.829. The van der Waals surface area contributed by atoms with Crippen molar-refractivity contribution in [2.45, 2.75) is 191 Å². The molecule has 4 heterocycles. The third kappa shape index (κ3) is 14.0. The van der Waals surface area contributed by atoms with Gasteiger partial charge in [0, 0.05) is 26.9 Å². The maximum absolute atomic E-state index is 14.8. The molecule has 4 aliphatic heterocycles. The Labute approximate surface area is 519 Å². The maximum atomic E-state index is 14.8. The summed E-state index contributed by atoms with van der Waals surface area (Å²) in [6.45, 7) is 18.1. The fraction of sp³-hybridized carbons (Fsp3) is 0.581. The van der Waals surface area contributed by atoms with Gasteiger partial charge in [-0.3, -0.25) is 14.4 Å². The first kappa shape index (κ1) is 63.4. The number of benzene rings is 3. The Hall–Kier alpha value is -5.10. The van der Waals surface area contributed by atoms with Crippen LogP contribution in [0.2, 0.25) is 0 Å². The second kappa shape index (κ2) is 26.1. The fourth-order valence-electron chi connectivity index (χ4n) is 12.6. The van der Waals surface area contributed by atoms with Gasteiger partial charge < -0.3 is 60.2 Å². The van der Waals surface area contributed by atoms with Crippen LogP contribution in [0.15, 0.2) is 72.8 Å². The number of likely N-dealkylation sites (N-methyl/N-ethyl adjacent to an activating group) is 1. The lowest BCUT2D eigenvalue weighted by Gasteiger charge is -2.37. The summed E-state index contributed by atoms with van der Waals surface area (Å²) in [6, 6.07) is 21.0. The van der Waals surface area contributed by atoms with E-state index in [-0.39, 0.29) is 57.1 Å². The maximum Gasteiger partial charge on any atom is 0.410 e. The van der Waals surface area contributed by atoms with Gasteiger partial charge in [-0.2, -0.15) is 0 Å². The van der Waals surface area contributed by atoms with Gasteiger partial charge in [-0.1, -0.05) is 137 Å². The SMILES string of the molecule is CNC(=O)OC(C)C(=S)N[C@H]1CCS[C@H]2CC(C)(C)[C@@H](C(=O)N[C@H]3c4ccccc4C[C@H]3OCc3ccc(CO[C@@H]4Cc5ccccc5[C@@H]4NC(=S)[C@H]4N5C(=O)[C@@H](NC(=S)C(C)N(C)C(=O)OC(C)(C)C)CCS[C@H]5CC4(C)C)cc3)N2C1=O. The predicted molar refractivity (Wildman–Crippen MR) is 341 cm³/mol. The number of alkyl carbamates (subject to hydrolysis) is 1. The molecule has 0 aromatic heterocycles. The highest BCUT2D eigenvalue weighted by Crippen LogP contribution is 2.49. The number of thiocarbonyl (C=S) groups is 3. The zero-order valence-corrected chi connectivity index (χ0v) is 54.1. The minimum atomic E-state index is -0.757. The molecule has 2 unspecified atom stereocenters. The van der Waals surface area contributed by atoms with Gasteiger partial charge in [-0.15, -0.1) is 23.5 Å². The van der Waals surface area contributed by atoms with Crippen LogP contribution in [0, 0.1) is 10.8 Å². The number of carbonyl (C=O) groups is 5. The van der Waals surface area contributed by atoms with Crippen molar-refractivity contribution in [1.29, 1.82) is 0 Å². The molecule has 454 valence electrons. The quantitative estimate of drug-likeness (QED) is 0.0854. The first-order chi connectivity index (χ1) is 39.7. The number of hydrogen-bond donors (Lipinski definition) is 5. The van der Waals surface area contributed by atoms with Gasteiger partial charge in [0.2, 0.25) is 17.7 Å². The van der Waals surface area contributed by atoms with Crippen LogP contribution in [-0.4, -0.2) is 150 Å². The fourth-order valence-corrected chi connectivity index (χ4v) is 16.8. The number of nitrogens with one attached hydrogen (secondary N) is 5. The molecule has 6 aliphatic rings. The number of carbonyl (C=O) groups excluding carboxylic acids is 5. The van der Waals surface area contributed by atoms with Crippen LogP contribution in [0.25, 0.3) is 0 Å².